The predicted molar refractivity (Wildman–Crippen MR) is 125 cm³/mol. The van der Waals surface area contributed by atoms with E-state index < -0.39 is 0 Å². The summed E-state index contributed by atoms with van der Waals surface area (Å²) in [7, 11) is 0. The molecule has 3 aromatic carbocycles. The van der Waals surface area contributed by atoms with Gasteiger partial charge in [-0.2, -0.15) is 0 Å². The van der Waals surface area contributed by atoms with Crippen LogP contribution in [-0.2, 0) is 0 Å². The number of hydrogen-bond acceptors (Lipinski definition) is 5. The van der Waals surface area contributed by atoms with E-state index in [0.717, 1.165) is 39.0 Å². The van der Waals surface area contributed by atoms with Crippen molar-refractivity contribution in [3.63, 3.8) is 0 Å². The number of nitrogens with zero attached hydrogens (tertiary/aromatic N) is 5. The molecular formula is C27H17N5O. The number of fused-ring (bicyclic) bond motifs is 6. The molecule has 3 aromatic heterocycles. The highest BCUT2D eigenvalue weighted by molar-refractivity contribution is 5.90. The summed E-state index contributed by atoms with van der Waals surface area (Å²) < 4.78 is 8.10. The van der Waals surface area contributed by atoms with Crippen LogP contribution in [0.4, 0.5) is 0 Å². The second-order valence-corrected chi connectivity index (χ2v) is 8.05. The zero-order valence-electron chi connectivity index (χ0n) is 17.5. The Bertz CT molecular complexity index is 1640. The molecular weight excluding hydrogens is 410 g/mol. The Morgan fingerprint density at radius 1 is 0.788 bits per heavy atom. The van der Waals surface area contributed by atoms with E-state index in [9.17, 15) is 0 Å². The maximum Gasteiger partial charge on any atom is 0.228 e. The Kier molecular flexibility index (Phi) is 3.81. The van der Waals surface area contributed by atoms with Crippen molar-refractivity contribution in [3.8, 4) is 23.0 Å². The van der Waals surface area contributed by atoms with Gasteiger partial charge in [0.05, 0.1) is 5.56 Å². The lowest BCUT2D eigenvalue weighted by Crippen LogP contribution is -2.15. The van der Waals surface area contributed by atoms with Gasteiger partial charge >= 0.3 is 0 Å². The molecule has 0 N–H and O–H groups in total. The van der Waals surface area contributed by atoms with Crippen molar-refractivity contribution in [1.29, 1.82) is 0 Å². The standard InChI is InChI=1S/C27H17N5O/c1-2-7-18(8-3-1)22-23-20-9-5-4-6-17(20)10-11-21(23)33-27-24(22)26-30-25(31-32(26)16-29-27)19-12-14-28-15-13-19/h1-16,22H/t22-/m0/s1. The highest BCUT2D eigenvalue weighted by atomic mass is 16.5. The third-order valence-electron chi connectivity index (χ3n) is 6.17. The van der Waals surface area contributed by atoms with Gasteiger partial charge in [0, 0.05) is 29.4 Å². The average Bonchev–Trinajstić information content (AvgIpc) is 3.33. The largest absolute Gasteiger partial charge is 0.438 e. The van der Waals surface area contributed by atoms with Crippen molar-refractivity contribution in [1.82, 2.24) is 24.6 Å². The summed E-state index contributed by atoms with van der Waals surface area (Å²) in [5.41, 5.74) is 4.83. The van der Waals surface area contributed by atoms with E-state index in [-0.39, 0.29) is 5.92 Å². The number of pyridine rings is 1. The number of benzene rings is 3. The fraction of sp³-hybridized carbons (Fsp3) is 0.0370. The van der Waals surface area contributed by atoms with Crippen LogP contribution in [0.15, 0.2) is 97.6 Å². The first kappa shape index (κ1) is 18.0. The van der Waals surface area contributed by atoms with Crippen LogP contribution in [0.3, 0.4) is 0 Å². The molecule has 0 aliphatic carbocycles. The summed E-state index contributed by atoms with van der Waals surface area (Å²) in [4.78, 5) is 13.7. The molecule has 1 aliphatic rings. The fourth-order valence-electron chi connectivity index (χ4n) is 4.71. The number of aromatic nitrogens is 5. The first-order valence-corrected chi connectivity index (χ1v) is 10.8. The lowest BCUT2D eigenvalue weighted by molar-refractivity contribution is 0.433. The number of rotatable bonds is 2. The van der Waals surface area contributed by atoms with E-state index in [1.165, 1.54) is 5.39 Å². The van der Waals surface area contributed by atoms with Crippen LogP contribution in [0.1, 0.15) is 22.6 Å². The lowest BCUT2D eigenvalue weighted by Gasteiger charge is -2.29. The topological polar surface area (TPSA) is 65.2 Å². The Balaban J connectivity index is 1.55. The highest BCUT2D eigenvalue weighted by Crippen LogP contribution is 2.50. The molecule has 6 aromatic rings. The average molecular weight is 427 g/mol. The van der Waals surface area contributed by atoms with E-state index in [0.29, 0.717) is 11.7 Å². The van der Waals surface area contributed by atoms with Crippen molar-refractivity contribution in [3.05, 3.63) is 114 Å². The van der Waals surface area contributed by atoms with Crippen LogP contribution in [0.25, 0.3) is 27.8 Å². The zero-order valence-corrected chi connectivity index (χ0v) is 17.5. The van der Waals surface area contributed by atoms with Crippen LogP contribution in [0.2, 0.25) is 0 Å². The molecule has 7 rings (SSSR count). The normalized spacial score (nSPS) is 14.6. The smallest absolute Gasteiger partial charge is 0.228 e. The van der Waals surface area contributed by atoms with E-state index in [1.807, 2.05) is 24.3 Å². The van der Waals surface area contributed by atoms with Gasteiger partial charge in [-0.1, -0.05) is 60.7 Å². The second-order valence-electron chi connectivity index (χ2n) is 8.05. The van der Waals surface area contributed by atoms with Crippen molar-refractivity contribution in [2.75, 3.05) is 0 Å². The summed E-state index contributed by atoms with van der Waals surface area (Å²) >= 11 is 0. The SMILES string of the molecule is c1ccc([C@H]2c3c(ccc4ccccc34)Oc3ncn4nc(-c5ccncc5)nc4c32)cc1. The monoisotopic (exact) mass is 427 g/mol. The lowest BCUT2D eigenvalue weighted by atomic mass is 9.81. The van der Waals surface area contributed by atoms with Crippen LogP contribution in [0, 0.1) is 0 Å². The minimum absolute atomic E-state index is 0.0956. The van der Waals surface area contributed by atoms with Gasteiger partial charge in [-0.3, -0.25) is 4.98 Å². The van der Waals surface area contributed by atoms with Gasteiger partial charge in [0.15, 0.2) is 11.5 Å². The van der Waals surface area contributed by atoms with E-state index in [2.05, 4.69) is 64.6 Å². The predicted octanol–water partition coefficient (Wildman–Crippen LogP) is 5.63. The first-order valence-electron chi connectivity index (χ1n) is 10.8. The Morgan fingerprint density at radius 3 is 2.48 bits per heavy atom. The highest BCUT2D eigenvalue weighted by Gasteiger charge is 2.34. The van der Waals surface area contributed by atoms with Crippen LogP contribution >= 0.6 is 0 Å². The third-order valence-corrected chi connectivity index (χ3v) is 6.17. The minimum Gasteiger partial charge on any atom is -0.438 e. The molecule has 1 atom stereocenters. The van der Waals surface area contributed by atoms with Crippen molar-refractivity contribution < 1.29 is 4.74 Å². The zero-order chi connectivity index (χ0) is 21.8. The molecule has 0 saturated carbocycles. The quantitative estimate of drug-likeness (QED) is 0.358. The summed E-state index contributed by atoms with van der Waals surface area (Å²) in [6, 6.07) is 26.8. The molecule has 1 aliphatic heterocycles. The Hall–Kier alpha value is -4.58. The molecule has 0 saturated heterocycles. The molecule has 6 heteroatoms. The Morgan fingerprint density at radius 2 is 1.61 bits per heavy atom. The van der Waals surface area contributed by atoms with Gasteiger partial charge < -0.3 is 4.74 Å². The molecule has 4 heterocycles. The molecule has 156 valence electrons. The molecule has 0 spiro atoms. The van der Waals surface area contributed by atoms with Gasteiger partial charge in [0.25, 0.3) is 0 Å². The van der Waals surface area contributed by atoms with Crippen LogP contribution in [-0.4, -0.2) is 24.6 Å². The minimum atomic E-state index is -0.0956. The van der Waals surface area contributed by atoms with Crippen LogP contribution < -0.4 is 4.74 Å². The van der Waals surface area contributed by atoms with Gasteiger partial charge in [-0.15, -0.1) is 5.10 Å². The fourth-order valence-corrected chi connectivity index (χ4v) is 4.71. The summed E-state index contributed by atoms with van der Waals surface area (Å²) in [6.07, 6.45) is 5.15. The maximum absolute atomic E-state index is 6.36. The molecule has 0 unspecified atom stereocenters. The van der Waals surface area contributed by atoms with E-state index in [4.69, 9.17) is 14.8 Å². The molecule has 0 amide bonds. The summed E-state index contributed by atoms with van der Waals surface area (Å²) in [5, 5.41) is 7.02. The van der Waals surface area contributed by atoms with Crippen molar-refractivity contribution >= 4 is 16.4 Å². The van der Waals surface area contributed by atoms with Gasteiger partial charge in [-0.25, -0.2) is 14.5 Å². The second kappa shape index (κ2) is 6.97. The van der Waals surface area contributed by atoms with E-state index >= 15 is 0 Å². The summed E-state index contributed by atoms with van der Waals surface area (Å²) in [5.74, 6) is 1.92. The van der Waals surface area contributed by atoms with Gasteiger partial charge in [0.1, 0.15) is 12.1 Å². The maximum atomic E-state index is 6.36. The molecule has 33 heavy (non-hydrogen) atoms. The molecule has 0 fully saturated rings. The summed E-state index contributed by atoms with van der Waals surface area (Å²) in [6.45, 7) is 0. The Labute approximate surface area is 189 Å². The van der Waals surface area contributed by atoms with Gasteiger partial charge in [-0.05, 0) is 34.5 Å². The number of hydrogen-bond donors (Lipinski definition) is 0. The number of ether oxygens (including phenoxy) is 1. The molecule has 0 bridgehead atoms. The van der Waals surface area contributed by atoms with Crippen molar-refractivity contribution in [2.45, 2.75) is 5.92 Å². The van der Waals surface area contributed by atoms with Crippen LogP contribution in [0.5, 0.6) is 11.6 Å². The first-order chi connectivity index (χ1) is 16.4. The van der Waals surface area contributed by atoms with Gasteiger partial charge in [0.2, 0.25) is 5.88 Å². The van der Waals surface area contributed by atoms with E-state index in [1.54, 1.807) is 23.2 Å². The molecule has 6 nitrogen and oxygen atoms in total. The van der Waals surface area contributed by atoms with Crippen molar-refractivity contribution in [2.24, 2.45) is 0 Å². The molecule has 0 radical (unpaired) electrons. The third kappa shape index (κ3) is 2.74.